The zero-order valence-electron chi connectivity index (χ0n) is 23.1. The van der Waals surface area contributed by atoms with Crippen LogP contribution in [0.5, 0.6) is 0 Å². The molecule has 0 aliphatic rings. The average molecular weight is 607 g/mol. The predicted octanol–water partition coefficient (Wildman–Crippen LogP) is 6.14. The molecule has 1 radical (unpaired) electrons. The third-order valence-corrected chi connectivity index (χ3v) is 5.06. The second kappa shape index (κ2) is 10.8. The van der Waals surface area contributed by atoms with Gasteiger partial charge < -0.3 is 15.2 Å². The normalized spacial score (nSPS) is 16.2. The zero-order chi connectivity index (χ0) is 26.8. The van der Waals surface area contributed by atoms with E-state index in [2.05, 4.69) is 71.7 Å². The van der Waals surface area contributed by atoms with E-state index in [4.69, 9.17) is 18.4 Å². The van der Waals surface area contributed by atoms with Crippen molar-refractivity contribution >= 4 is 32.3 Å². The van der Waals surface area contributed by atoms with E-state index in [9.17, 15) is 0 Å². The minimum Gasteiger partial charge on any atom is -0.393 e. The third kappa shape index (κ3) is 5.23. The molecule has 2 N–H and O–H groups in total. The Morgan fingerprint density at radius 1 is 0.781 bits per heavy atom. The number of hydrogen-bond donors (Lipinski definition) is 2. The summed E-state index contributed by atoms with van der Waals surface area (Å²) in [6.07, 6.45) is -2.45. The largest absolute Gasteiger partial charge is 0.393 e. The summed E-state index contributed by atoms with van der Waals surface area (Å²) in [5.41, 5.74) is 1.99. The van der Waals surface area contributed by atoms with Crippen molar-refractivity contribution in [3.63, 3.8) is 0 Å². The van der Waals surface area contributed by atoms with Crippen LogP contribution >= 0.6 is 0 Å². The Hall–Kier alpha value is -2.62. The van der Waals surface area contributed by atoms with Gasteiger partial charge in [-0.2, -0.15) is 0 Å². The van der Waals surface area contributed by atoms with Gasteiger partial charge in [-0.1, -0.05) is 76.8 Å². The van der Waals surface area contributed by atoms with E-state index in [0.717, 1.165) is 11.3 Å². The summed E-state index contributed by atoms with van der Waals surface area (Å²) in [4.78, 5) is 4.47. The van der Waals surface area contributed by atoms with Gasteiger partial charge in [-0.15, -0.1) is 23.8 Å². The van der Waals surface area contributed by atoms with Crippen LogP contribution < -0.4 is 0 Å². The molecule has 3 nitrogen and oxygen atoms in total. The van der Waals surface area contributed by atoms with Gasteiger partial charge in [0, 0.05) is 34.5 Å². The van der Waals surface area contributed by atoms with Gasteiger partial charge in [0.25, 0.3) is 0 Å². The van der Waals surface area contributed by atoms with E-state index in [1.807, 2.05) is 24.4 Å². The maximum absolute atomic E-state index is 8.95. The number of hydrogen-bond acceptors (Lipinski definition) is 3. The van der Waals surface area contributed by atoms with Crippen LogP contribution in [0.1, 0.15) is 28.3 Å². The van der Waals surface area contributed by atoms with Gasteiger partial charge in [0.15, 0.2) is 0 Å². The summed E-state index contributed by atoms with van der Waals surface area (Å²) < 4.78 is 40.3. The SMILES string of the molecule is [2H]C([2H])([2H])C(O)CC(O)C([2H])([2H])[2H].[Ir].[c-]1cc2c3ccccc3c3ccccc3c2cc1-c1ccccn1. The van der Waals surface area contributed by atoms with Gasteiger partial charge in [0.05, 0.1) is 12.2 Å². The van der Waals surface area contributed by atoms with E-state index >= 15 is 0 Å². The molecule has 4 aromatic carbocycles. The van der Waals surface area contributed by atoms with Crippen LogP contribution in [-0.2, 0) is 20.1 Å². The molecule has 0 saturated heterocycles. The molecule has 0 spiro atoms. The second-order valence-corrected chi connectivity index (χ2v) is 7.25. The Bertz CT molecular complexity index is 1470. The fraction of sp³-hybridized carbons (Fsp3) is 0.179. The molecule has 0 aliphatic heterocycles. The molecule has 4 heteroatoms. The monoisotopic (exact) mass is 607 g/mol. The van der Waals surface area contributed by atoms with Crippen molar-refractivity contribution in [2.45, 2.75) is 32.3 Å². The molecular weight excluding hydrogens is 575 g/mol. The van der Waals surface area contributed by atoms with Crippen LogP contribution in [0.4, 0.5) is 0 Å². The van der Waals surface area contributed by atoms with Gasteiger partial charge in [0.2, 0.25) is 0 Å². The van der Waals surface area contributed by atoms with E-state index in [-0.39, 0.29) is 20.1 Å². The number of fused-ring (bicyclic) bond motifs is 6. The molecule has 2 atom stereocenters. The molecule has 0 bridgehead atoms. The summed E-state index contributed by atoms with van der Waals surface area (Å²) >= 11 is 0. The molecule has 0 amide bonds. The van der Waals surface area contributed by atoms with Crippen molar-refractivity contribution in [3.8, 4) is 11.3 Å². The Morgan fingerprint density at radius 2 is 1.31 bits per heavy atom. The first-order chi connectivity index (χ1) is 17.5. The van der Waals surface area contributed by atoms with Gasteiger partial charge in [-0.25, -0.2) is 0 Å². The molecule has 0 fully saturated rings. The number of rotatable bonds is 3. The molecule has 1 heterocycles. The maximum Gasteiger partial charge on any atom is 0.0536 e. The van der Waals surface area contributed by atoms with Crippen molar-refractivity contribution in [1.82, 2.24) is 4.98 Å². The van der Waals surface area contributed by atoms with Crippen LogP contribution in [0.3, 0.4) is 0 Å². The summed E-state index contributed by atoms with van der Waals surface area (Å²) in [6.45, 7) is -5.29. The van der Waals surface area contributed by atoms with Crippen molar-refractivity contribution in [3.05, 3.63) is 91.1 Å². The molecule has 0 saturated carbocycles. The van der Waals surface area contributed by atoms with Crippen molar-refractivity contribution in [2.24, 2.45) is 0 Å². The first-order valence-corrected chi connectivity index (χ1v) is 9.99. The molecule has 165 valence electrons. The number of pyridine rings is 1. The zero-order valence-corrected chi connectivity index (χ0v) is 19.5. The van der Waals surface area contributed by atoms with E-state index in [1.165, 1.54) is 32.3 Å². The Morgan fingerprint density at radius 3 is 1.84 bits per heavy atom. The molecule has 5 rings (SSSR count). The predicted molar refractivity (Wildman–Crippen MR) is 129 cm³/mol. The third-order valence-electron chi connectivity index (χ3n) is 5.06. The van der Waals surface area contributed by atoms with Crippen LogP contribution in [0.15, 0.2) is 85.1 Å². The topological polar surface area (TPSA) is 53.4 Å². The number of aromatic nitrogens is 1. The standard InChI is InChI=1S/C23H14N.C5H12O2.Ir/c1-2-9-19-17(7-1)18-8-3-4-10-20(18)22-15-16(12-13-21(19)22)23-11-5-6-14-24-23;1-4(6)3-5(2)7;/h1-11,13-15H;4-7H,3H2,1-2H3;/q-1;;/i;1D3,2D3;. The van der Waals surface area contributed by atoms with E-state index < -0.39 is 32.3 Å². The molecule has 2 unspecified atom stereocenters. The summed E-state index contributed by atoms with van der Waals surface area (Å²) in [5, 5.41) is 25.5. The smallest absolute Gasteiger partial charge is 0.0536 e. The van der Waals surface area contributed by atoms with Crippen molar-refractivity contribution < 1.29 is 38.5 Å². The Balaban J connectivity index is 0.000000248. The van der Waals surface area contributed by atoms with Crippen LogP contribution in [0.2, 0.25) is 0 Å². The van der Waals surface area contributed by atoms with Crippen molar-refractivity contribution in [1.29, 1.82) is 0 Å². The number of benzene rings is 4. The van der Waals surface area contributed by atoms with E-state index in [0.29, 0.717) is 0 Å². The van der Waals surface area contributed by atoms with Gasteiger partial charge in [-0.3, -0.25) is 0 Å². The number of aliphatic hydroxyl groups is 2. The van der Waals surface area contributed by atoms with Crippen LogP contribution in [-0.4, -0.2) is 27.4 Å². The minimum absolute atomic E-state index is 0. The number of aliphatic hydroxyl groups excluding tert-OH is 2. The first-order valence-electron chi connectivity index (χ1n) is 13.0. The summed E-state index contributed by atoms with van der Waals surface area (Å²) in [6, 6.07) is 30.9. The fourth-order valence-corrected chi connectivity index (χ4v) is 3.72. The second-order valence-electron chi connectivity index (χ2n) is 7.25. The quantitative estimate of drug-likeness (QED) is 0.192. The molecule has 0 aliphatic carbocycles. The molecule has 32 heavy (non-hydrogen) atoms. The Labute approximate surface area is 210 Å². The molecule has 5 aromatic rings. The first kappa shape index (κ1) is 16.9. The Kier molecular flexibility index (Phi) is 5.72. The van der Waals surface area contributed by atoms with Gasteiger partial charge in [0.1, 0.15) is 0 Å². The van der Waals surface area contributed by atoms with Crippen LogP contribution in [0.25, 0.3) is 43.6 Å². The van der Waals surface area contributed by atoms with Gasteiger partial charge >= 0.3 is 0 Å². The molecule has 1 aromatic heterocycles. The van der Waals surface area contributed by atoms with E-state index in [1.54, 1.807) is 0 Å². The van der Waals surface area contributed by atoms with Crippen LogP contribution in [0, 0.1) is 6.07 Å². The fourth-order valence-electron chi connectivity index (χ4n) is 3.72. The molecular formula is C28H26IrNO2-. The summed E-state index contributed by atoms with van der Waals surface area (Å²) in [7, 11) is 0. The average Bonchev–Trinajstić information content (AvgIpc) is 2.88. The summed E-state index contributed by atoms with van der Waals surface area (Å²) in [5.74, 6) is 0. The minimum atomic E-state index is -2.65. The number of nitrogens with zero attached hydrogens (tertiary/aromatic N) is 1. The van der Waals surface area contributed by atoms with Gasteiger partial charge in [-0.05, 0) is 48.0 Å². The maximum atomic E-state index is 8.95. The van der Waals surface area contributed by atoms with Crippen molar-refractivity contribution in [2.75, 3.05) is 0 Å².